The van der Waals surface area contributed by atoms with Gasteiger partial charge < -0.3 is 10.2 Å². The Kier molecular flexibility index (Phi) is 5.29. The molecule has 6 nitrogen and oxygen atoms in total. The zero-order valence-corrected chi connectivity index (χ0v) is 14.5. The van der Waals surface area contributed by atoms with Gasteiger partial charge in [0.1, 0.15) is 18.2 Å². The second kappa shape index (κ2) is 7.63. The molecule has 2 heterocycles. The summed E-state index contributed by atoms with van der Waals surface area (Å²) in [5.41, 5.74) is 0.105. The highest BCUT2D eigenvalue weighted by Crippen LogP contribution is 2.18. The first-order valence-electron chi connectivity index (χ1n) is 8.52. The largest absolute Gasteiger partial charge is 0.342 e. The van der Waals surface area contributed by atoms with E-state index in [1.165, 1.54) is 10.6 Å². The van der Waals surface area contributed by atoms with Crippen LogP contribution in [0.15, 0.2) is 29.1 Å². The molecule has 0 unspecified atom stereocenters. The van der Waals surface area contributed by atoms with Crippen LogP contribution in [0.3, 0.4) is 0 Å². The molecule has 1 fully saturated rings. The van der Waals surface area contributed by atoms with Crippen LogP contribution in [0.2, 0.25) is 0 Å². The fraction of sp³-hybridized carbons (Fsp3) is 0.389. The maximum absolute atomic E-state index is 13.7. The minimum Gasteiger partial charge on any atom is -0.342 e. The van der Waals surface area contributed by atoms with Crippen LogP contribution in [0, 0.1) is 18.6 Å². The fourth-order valence-corrected chi connectivity index (χ4v) is 3.01. The molecule has 1 aromatic heterocycles. The third-order valence-electron chi connectivity index (χ3n) is 4.26. The molecule has 1 aliphatic rings. The van der Waals surface area contributed by atoms with E-state index in [4.69, 9.17) is 0 Å². The lowest BCUT2D eigenvalue weighted by molar-refractivity contribution is -0.116. The minimum absolute atomic E-state index is 0.135. The van der Waals surface area contributed by atoms with Gasteiger partial charge in [-0.1, -0.05) is 0 Å². The third-order valence-corrected chi connectivity index (χ3v) is 4.26. The van der Waals surface area contributed by atoms with Gasteiger partial charge in [-0.3, -0.25) is 14.2 Å². The second-order valence-electron chi connectivity index (χ2n) is 6.34. The summed E-state index contributed by atoms with van der Waals surface area (Å²) in [7, 11) is 0. The van der Waals surface area contributed by atoms with Crippen molar-refractivity contribution in [2.24, 2.45) is 0 Å². The predicted molar refractivity (Wildman–Crippen MR) is 94.3 cm³/mol. The molecule has 0 bridgehead atoms. The van der Waals surface area contributed by atoms with E-state index in [0.29, 0.717) is 17.7 Å². The van der Waals surface area contributed by atoms with Crippen molar-refractivity contribution in [2.75, 3.05) is 23.3 Å². The number of hydrogen-bond acceptors (Lipinski definition) is 4. The Bertz CT molecular complexity index is 876. The first-order valence-corrected chi connectivity index (χ1v) is 8.52. The number of benzene rings is 1. The number of hydrogen-bond donors (Lipinski definition) is 1. The van der Waals surface area contributed by atoms with Crippen molar-refractivity contribution < 1.29 is 13.6 Å². The maximum Gasteiger partial charge on any atom is 0.255 e. The fourth-order valence-electron chi connectivity index (χ4n) is 3.01. The van der Waals surface area contributed by atoms with Gasteiger partial charge in [0.15, 0.2) is 0 Å². The summed E-state index contributed by atoms with van der Waals surface area (Å²) >= 11 is 0. The van der Waals surface area contributed by atoms with Gasteiger partial charge in [-0.15, -0.1) is 0 Å². The molecule has 1 aromatic carbocycles. The number of nitrogens with one attached hydrogen (secondary N) is 1. The van der Waals surface area contributed by atoms with Gasteiger partial charge in [0, 0.05) is 30.9 Å². The van der Waals surface area contributed by atoms with Crippen molar-refractivity contribution in [1.29, 1.82) is 0 Å². The van der Waals surface area contributed by atoms with Gasteiger partial charge in [-0.05, 0) is 38.3 Å². The van der Waals surface area contributed by atoms with E-state index in [-0.39, 0.29) is 17.8 Å². The van der Waals surface area contributed by atoms with Crippen molar-refractivity contribution in [2.45, 2.75) is 32.7 Å². The number of piperidine rings is 1. The molecular formula is C18H20F2N4O2. The lowest BCUT2D eigenvalue weighted by atomic mass is 10.1. The van der Waals surface area contributed by atoms with Crippen LogP contribution < -0.4 is 15.8 Å². The molecule has 0 saturated carbocycles. The summed E-state index contributed by atoms with van der Waals surface area (Å²) in [6.45, 7) is 2.97. The minimum atomic E-state index is -0.871. The second-order valence-corrected chi connectivity index (χ2v) is 6.34. The Hall–Kier alpha value is -2.77. The van der Waals surface area contributed by atoms with Crippen molar-refractivity contribution in [3.63, 3.8) is 0 Å². The number of anilines is 2. The molecule has 1 saturated heterocycles. The smallest absolute Gasteiger partial charge is 0.255 e. The van der Waals surface area contributed by atoms with Gasteiger partial charge in [0.05, 0.1) is 5.69 Å². The monoisotopic (exact) mass is 362 g/mol. The molecule has 0 aliphatic carbocycles. The summed E-state index contributed by atoms with van der Waals surface area (Å²) in [5, 5.41) is 2.37. The lowest BCUT2D eigenvalue weighted by Crippen LogP contribution is -2.38. The normalized spacial score (nSPS) is 14.3. The topological polar surface area (TPSA) is 67.2 Å². The van der Waals surface area contributed by atoms with Crippen LogP contribution >= 0.6 is 0 Å². The molecule has 0 radical (unpaired) electrons. The van der Waals surface area contributed by atoms with Crippen LogP contribution in [0.5, 0.6) is 0 Å². The summed E-state index contributed by atoms with van der Waals surface area (Å²) in [4.78, 5) is 31.1. The van der Waals surface area contributed by atoms with Crippen molar-refractivity contribution >= 4 is 17.5 Å². The average Bonchev–Trinajstić information content (AvgIpc) is 2.60. The molecule has 2 aromatic rings. The number of nitrogens with zero attached hydrogens (tertiary/aromatic N) is 3. The molecule has 1 aliphatic heterocycles. The quantitative estimate of drug-likeness (QED) is 0.907. The third kappa shape index (κ3) is 4.07. The van der Waals surface area contributed by atoms with E-state index in [2.05, 4.69) is 10.3 Å². The predicted octanol–water partition coefficient (Wildman–Crippen LogP) is 2.46. The van der Waals surface area contributed by atoms with Gasteiger partial charge in [-0.25, -0.2) is 13.8 Å². The van der Waals surface area contributed by atoms with Crippen molar-refractivity contribution in [1.82, 2.24) is 9.55 Å². The van der Waals surface area contributed by atoms with Gasteiger partial charge >= 0.3 is 0 Å². The van der Waals surface area contributed by atoms with Crippen LogP contribution in [0.4, 0.5) is 20.4 Å². The van der Waals surface area contributed by atoms with Gasteiger partial charge in [0.25, 0.3) is 5.56 Å². The van der Waals surface area contributed by atoms with Crippen molar-refractivity contribution in [3.8, 4) is 0 Å². The molecule has 138 valence electrons. The molecule has 8 heteroatoms. The molecule has 3 rings (SSSR count). The number of carbonyl (C=O) groups is 1. The van der Waals surface area contributed by atoms with Gasteiger partial charge in [0.2, 0.25) is 11.9 Å². The standard InChI is InChI=1S/C18H20F2N4O2/c1-12-9-17(26)24(18(21-12)23-7-3-2-4-8-23)11-16(25)22-15-6-5-13(19)10-14(15)20/h5-6,9-10H,2-4,7-8,11H2,1H3,(H,22,25). The number of halogens is 2. The van der Waals surface area contributed by atoms with Crippen molar-refractivity contribution in [3.05, 3.63) is 51.9 Å². The Labute approximate surface area is 149 Å². The van der Waals surface area contributed by atoms with Gasteiger partial charge in [-0.2, -0.15) is 0 Å². The Morgan fingerprint density at radius 1 is 1.19 bits per heavy atom. The zero-order chi connectivity index (χ0) is 18.7. The van der Waals surface area contributed by atoms with Crippen LogP contribution in [0.25, 0.3) is 0 Å². The van der Waals surface area contributed by atoms with E-state index in [0.717, 1.165) is 44.5 Å². The molecule has 1 N–H and O–H groups in total. The maximum atomic E-state index is 13.7. The highest BCUT2D eigenvalue weighted by atomic mass is 19.1. The van der Waals surface area contributed by atoms with E-state index in [9.17, 15) is 18.4 Å². The van der Waals surface area contributed by atoms with E-state index in [1.807, 2.05) is 4.90 Å². The van der Waals surface area contributed by atoms with Crippen LogP contribution in [-0.2, 0) is 11.3 Å². The lowest BCUT2D eigenvalue weighted by Gasteiger charge is -2.29. The van der Waals surface area contributed by atoms with Crippen LogP contribution in [-0.4, -0.2) is 28.5 Å². The summed E-state index contributed by atoms with van der Waals surface area (Å²) in [5.74, 6) is -1.73. The number of carbonyl (C=O) groups excluding carboxylic acids is 1. The summed E-state index contributed by atoms with van der Waals surface area (Å²) in [6.07, 6.45) is 3.12. The molecule has 0 atom stereocenters. The molecule has 26 heavy (non-hydrogen) atoms. The first-order chi connectivity index (χ1) is 12.4. The molecular weight excluding hydrogens is 342 g/mol. The SMILES string of the molecule is Cc1cc(=O)n(CC(=O)Nc2ccc(F)cc2F)c(N2CCCCC2)n1. The first kappa shape index (κ1) is 18.0. The summed E-state index contributed by atoms with van der Waals surface area (Å²) < 4.78 is 28.0. The van der Waals surface area contributed by atoms with E-state index >= 15 is 0 Å². The Balaban J connectivity index is 1.84. The van der Waals surface area contributed by atoms with E-state index < -0.39 is 17.5 Å². The molecule has 0 spiro atoms. The number of aromatic nitrogens is 2. The van der Waals surface area contributed by atoms with E-state index in [1.54, 1.807) is 6.92 Å². The zero-order valence-electron chi connectivity index (χ0n) is 14.5. The number of amides is 1. The average molecular weight is 362 g/mol. The highest BCUT2D eigenvalue weighted by Gasteiger charge is 2.19. The molecule has 1 amide bonds. The number of aryl methyl sites for hydroxylation is 1. The highest BCUT2D eigenvalue weighted by molar-refractivity contribution is 5.90. The number of rotatable bonds is 4. The Morgan fingerprint density at radius 2 is 1.92 bits per heavy atom. The van der Waals surface area contributed by atoms with Crippen LogP contribution in [0.1, 0.15) is 25.0 Å². The summed E-state index contributed by atoms with van der Waals surface area (Å²) in [6, 6.07) is 4.25. The Morgan fingerprint density at radius 3 is 2.62 bits per heavy atom.